The molecule has 8 nitrogen and oxygen atoms in total. The van der Waals surface area contributed by atoms with E-state index in [4.69, 9.17) is 9.47 Å². The van der Waals surface area contributed by atoms with Crippen LogP contribution in [0.1, 0.15) is 25.7 Å². The van der Waals surface area contributed by atoms with Gasteiger partial charge in [0.1, 0.15) is 11.9 Å². The molecule has 172 valence electrons. The summed E-state index contributed by atoms with van der Waals surface area (Å²) in [4.78, 5) is 19.3. The van der Waals surface area contributed by atoms with E-state index in [1.165, 1.54) is 5.69 Å². The van der Waals surface area contributed by atoms with Gasteiger partial charge in [-0.2, -0.15) is 0 Å². The number of nitrogens with zero attached hydrogens (tertiary/aromatic N) is 3. The van der Waals surface area contributed by atoms with E-state index in [-0.39, 0.29) is 18.0 Å². The van der Waals surface area contributed by atoms with Crippen molar-refractivity contribution in [2.24, 2.45) is 5.41 Å². The van der Waals surface area contributed by atoms with Gasteiger partial charge in [0.25, 0.3) is 0 Å². The highest BCUT2D eigenvalue weighted by Crippen LogP contribution is 2.43. The van der Waals surface area contributed by atoms with Gasteiger partial charge in [-0.1, -0.05) is 0 Å². The summed E-state index contributed by atoms with van der Waals surface area (Å²) in [6.07, 6.45) is 3.00. The van der Waals surface area contributed by atoms with Crippen molar-refractivity contribution < 1.29 is 23.0 Å². The summed E-state index contributed by atoms with van der Waals surface area (Å²) in [5.74, 6) is 0.846. The van der Waals surface area contributed by atoms with Gasteiger partial charge in [0.05, 0.1) is 18.4 Å². The molecule has 1 unspecified atom stereocenters. The lowest BCUT2D eigenvalue weighted by atomic mass is 9.76. The highest BCUT2D eigenvalue weighted by atomic mass is 32.2. The Bertz CT molecular complexity index is 774. The summed E-state index contributed by atoms with van der Waals surface area (Å²) in [5.41, 5.74) is 0.817. The van der Waals surface area contributed by atoms with Crippen molar-refractivity contribution in [3.8, 4) is 5.75 Å². The zero-order valence-corrected chi connectivity index (χ0v) is 19.0. The second kappa shape index (κ2) is 9.85. The van der Waals surface area contributed by atoms with E-state index in [1.54, 1.807) is 7.11 Å². The number of benzene rings is 1. The van der Waals surface area contributed by atoms with Crippen LogP contribution in [-0.2, 0) is 20.6 Å². The number of likely N-dealkylation sites (tertiary alicyclic amines) is 1. The van der Waals surface area contributed by atoms with Crippen LogP contribution in [0.25, 0.3) is 0 Å². The Labute approximate surface area is 186 Å². The molecule has 3 fully saturated rings. The lowest BCUT2D eigenvalue weighted by Crippen LogP contribution is -2.47. The molecule has 0 saturated carbocycles. The average molecular weight is 451 g/mol. The van der Waals surface area contributed by atoms with Gasteiger partial charge in [0.2, 0.25) is 0 Å². The molecule has 3 saturated heterocycles. The zero-order chi connectivity index (χ0) is 21.8. The van der Waals surface area contributed by atoms with Crippen LogP contribution in [0.4, 0.5) is 5.69 Å². The van der Waals surface area contributed by atoms with E-state index in [2.05, 4.69) is 21.9 Å². The minimum Gasteiger partial charge on any atom is -0.771 e. The van der Waals surface area contributed by atoms with Gasteiger partial charge in [-0.25, -0.2) is 0 Å². The van der Waals surface area contributed by atoms with Crippen LogP contribution in [0, 0.1) is 5.41 Å². The molecule has 9 heteroatoms. The average Bonchev–Trinajstić information content (AvgIpc) is 3.09. The Kier molecular flexibility index (Phi) is 7.15. The molecule has 0 aliphatic carbocycles. The number of anilines is 1. The third-order valence-electron chi connectivity index (χ3n) is 7.00. The highest BCUT2D eigenvalue weighted by Gasteiger charge is 2.50. The summed E-state index contributed by atoms with van der Waals surface area (Å²) in [6.45, 7) is 6.19. The fraction of sp³-hybridized carbons (Fsp3) is 0.682. The third-order valence-corrected chi connectivity index (χ3v) is 7.58. The van der Waals surface area contributed by atoms with Crippen LogP contribution in [0.5, 0.6) is 5.75 Å². The summed E-state index contributed by atoms with van der Waals surface area (Å²) >= 11 is -2.07. The molecule has 1 aromatic rings. The minimum absolute atomic E-state index is 0.0210. The number of hydrogen-bond donors (Lipinski definition) is 0. The number of piperidine rings is 1. The van der Waals surface area contributed by atoms with Crippen LogP contribution in [0.3, 0.4) is 0 Å². The fourth-order valence-corrected chi connectivity index (χ4v) is 5.57. The topological polar surface area (TPSA) is 85.4 Å². The third kappa shape index (κ3) is 5.39. The van der Waals surface area contributed by atoms with Gasteiger partial charge < -0.3 is 18.9 Å². The Balaban J connectivity index is 1.20. The minimum atomic E-state index is -2.07. The first-order chi connectivity index (χ1) is 15.0. The Morgan fingerprint density at radius 1 is 1.10 bits per heavy atom. The largest absolute Gasteiger partial charge is 0.771 e. The number of rotatable bonds is 7. The molecule has 1 aromatic carbocycles. The van der Waals surface area contributed by atoms with Gasteiger partial charge in [-0.3, -0.25) is 18.8 Å². The predicted octanol–water partition coefficient (Wildman–Crippen LogP) is 1.44. The summed E-state index contributed by atoms with van der Waals surface area (Å²) in [6, 6.07) is 8.20. The second-order valence-corrected chi connectivity index (χ2v) is 9.74. The Hall–Kier alpha value is -1.68. The maximum absolute atomic E-state index is 12.6. The quantitative estimate of drug-likeness (QED) is 0.456. The van der Waals surface area contributed by atoms with E-state index in [9.17, 15) is 13.6 Å². The zero-order valence-electron chi connectivity index (χ0n) is 18.2. The van der Waals surface area contributed by atoms with E-state index in [0.717, 1.165) is 51.3 Å². The van der Waals surface area contributed by atoms with Gasteiger partial charge in [0.15, 0.2) is 0 Å². The number of methoxy groups -OCH3 is 1. The number of hydrogen-bond acceptors (Lipinski definition) is 8. The van der Waals surface area contributed by atoms with Crippen molar-refractivity contribution in [2.45, 2.75) is 31.8 Å². The molecule has 4 rings (SSSR count). The summed E-state index contributed by atoms with van der Waals surface area (Å²) in [7, 11) is 1.68. The van der Waals surface area contributed by atoms with E-state index in [1.807, 2.05) is 17.0 Å². The van der Waals surface area contributed by atoms with Crippen molar-refractivity contribution >= 4 is 22.7 Å². The summed E-state index contributed by atoms with van der Waals surface area (Å²) < 4.78 is 32.8. The molecule has 3 heterocycles. The molecule has 0 bridgehead atoms. The van der Waals surface area contributed by atoms with Crippen molar-refractivity contribution in [1.29, 1.82) is 0 Å². The molecular weight excluding hydrogens is 418 g/mol. The van der Waals surface area contributed by atoms with Crippen molar-refractivity contribution in [2.75, 3.05) is 63.7 Å². The van der Waals surface area contributed by atoms with Gasteiger partial charge >= 0.3 is 5.97 Å². The lowest BCUT2D eigenvalue weighted by Gasteiger charge is -2.37. The van der Waals surface area contributed by atoms with E-state index in [0.29, 0.717) is 25.9 Å². The molecule has 31 heavy (non-hydrogen) atoms. The van der Waals surface area contributed by atoms with Crippen LogP contribution in [-0.4, -0.2) is 89.4 Å². The number of carbonyl (C=O) groups is 1. The fourth-order valence-electron chi connectivity index (χ4n) is 5.01. The van der Waals surface area contributed by atoms with Gasteiger partial charge in [-0.15, -0.1) is 0 Å². The number of ether oxygens (including phenoxy) is 2. The Morgan fingerprint density at radius 3 is 2.39 bits per heavy atom. The first-order valence-corrected chi connectivity index (χ1v) is 12.3. The molecule has 0 amide bonds. The van der Waals surface area contributed by atoms with Crippen molar-refractivity contribution in [3.63, 3.8) is 0 Å². The maximum atomic E-state index is 12.6. The molecule has 2 atom stereocenters. The molecule has 0 aromatic heterocycles. The SMILES string of the molecule is COc1ccc(N2CCN(CC[C@@H]3CC4(CCN(CS(=O)[O-])CC4)C(=O)O3)CC2)cc1. The van der Waals surface area contributed by atoms with Crippen LogP contribution in [0.15, 0.2) is 24.3 Å². The number of cyclic esters (lactones) is 1. The first kappa shape index (κ1) is 22.5. The van der Waals surface area contributed by atoms with Gasteiger partial charge in [0, 0.05) is 57.9 Å². The molecule has 0 N–H and O–H groups in total. The number of carbonyl (C=O) groups excluding carboxylic acids is 1. The van der Waals surface area contributed by atoms with Crippen molar-refractivity contribution in [3.05, 3.63) is 24.3 Å². The molecule has 0 radical (unpaired) electrons. The summed E-state index contributed by atoms with van der Waals surface area (Å²) in [5, 5.41) is 0. The van der Waals surface area contributed by atoms with E-state index < -0.39 is 16.5 Å². The lowest BCUT2D eigenvalue weighted by molar-refractivity contribution is -0.150. The molecule has 3 aliphatic heterocycles. The molecule has 3 aliphatic rings. The van der Waals surface area contributed by atoms with E-state index >= 15 is 0 Å². The van der Waals surface area contributed by atoms with Crippen LogP contribution >= 0.6 is 0 Å². The first-order valence-electron chi connectivity index (χ1n) is 11.1. The Morgan fingerprint density at radius 2 is 1.77 bits per heavy atom. The normalized spacial score (nSPS) is 25.5. The predicted molar refractivity (Wildman–Crippen MR) is 118 cm³/mol. The smallest absolute Gasteiger partial charge is 0.312 e. The van der Waals surface area contributed by atoms with Crippen LogP contribution in [0.2, 0.25) is 0 Å². The van der Waals surface area contributed by atoms with Gasteiger partial charge in [-0.05, 0) is 54.6 Å². The monoisotopic (exact) mass is 450 g/mol. The second-order valence-electron chi connectivity index (χ2n) is 8.88. The standard InChI is InChI=1S/C22H33N3O5S/c1-29-19-4-2-18(3-5-19)25-14-12-23(13-15-25)9-6-20-16-22(21(26)30-20)7-10-24(11-8-22)17-31(27)28/h2-5,20H,6-17H2,1H3,(H,27,28)/p-1/t20-/m1/s1. The highest BCUT2D eigenvalue weighted by molar-refractivity contribution is 7.79. The molecule has 1 spiro atoms. The van der Waals surface area contributed by atoms with Crippen LogP contribution < -0.4 is 9.64 Å². The maximum Gasteiger partial charge on any atom is 0.312 e. The molecular formula is C22H32N3O5S-. The number of piperazine rings is 1. The van der Waals surface area contributed by atoms with Crippen molar-refractivity contribution in [1.82, 2.24) is 9.80 Å². The number of esters is 1.